The molecule has 7 heteroatoms. The van der Waals surface area contributed by atoms with Gasteiger partial charge in [0.25, 0.3) is 0 Å². The minimum Gasteiger partial charge on any atom is -0.338 e. The van der Waals surface area contributed by atoms with Gasteiger partial charge in [0.1, 0.15) is 6.04 Å². The van der Waals surface area contributed by atoms with E-state index >= 15 is 0 Å². The van der Waals surface area contributed by atoms with Crippen molar-refractivity contribution in [1.82, 2.24) is 29.7 Å². The molecule has 120 valence electrons. The Morgan fingerprint density at radius 1 is 1.32 bits per heavy atom. The van der Waals surface area contributed by atoms with E-state index in [0.29, 0.717) is 11.7 Å². The molecule has 1 saturated heterocycles. The number of aromatic nitrogens is 4. The quantitative estimate of drug-likeness (QED) is 0.845. The number of hydrogen-bond acceptors (Lipinski definition) is 6. The molecule has 0 unspecified atom stereocenters. The van der Waals surface area contributed by atoms with E-state index in [1.165, 1.54) is 11.3 Å². The topological polar surface area (TPSA) is 63.2 Å². The van der Waals surface area contributed by atoms with Crippen molar-refractivity contribution in [3.8, 4) is 0 Å². The third-order valence-electron chi connectivity index (χ3n) is 4.28. The van der Waals surface area contributed by atoms with Gasteiger partial charge in [-0.25, -0.2) is 0 Å². The zero-order valence-corrected chi connectivity index (χ0v) is 13.8. The summed E-state index contributed by atoms with van der Waals surface area (Å²) in [6.45, 7) is 7.87. The highest BCUT2D eigenvalue weighted by Crippen LogP contribution is 2.24. The highest BCUT2D eigenvalue weighted by atomic mass is 16.5. The van der Waals surface area contributed by atoms with E-state index in [1.807, 2.05) is 18.7 Å². The molecule has 0 aromatic carbocycles. The fraction of sp³-hybridized carbons (Fsp3) is 0.667. The van der Waals surface area contributed by atoms with E-state index in [0.717, 1.165) is 32.6 Å². The molecule has 3 rings (SSSR count). The summed E-state index contributed by atoms with van der Waals surface area (Å²) in [4.78, 5) is 9.13. The molecule has 2 aromatic rings. The van der Waals surface area contributed by atoms with Crippen LogP contribution in [0, 0.1) is 6.92 Å². The average Bonchev–Trinajstić information content (AvgIpc) is 3.07. The molecule has 0 amide bonds. The molecular weight excluding hydrogens is 280 g/mol. The lowest BCUT2D eigenvalue weighted by Gasteiger charge is -2.37. The minimum atomic E-state index is 0.164. The summed E-state index contributed by atoms with van der Waals surface area (Å²) < 4.78 is 7.28. The molecule has 1 aliphatic rings. The second-order valence-electron chi connectivity index (χ2n) is 6.04. The summed E-state index contributed by atoms with van der Waals surface area (Å²) in [6.07, 6.45) is 3.10. The highest BCUT2D eigenvalue weighted by Gasteiger charge is 2.30. The van der Waals surface area contributed by atoms with E-state index in [1.54, 1.807) is 0 Å². The maximum absolute atomic E-state index is 5.38. The summed E-state index contributed by atoms with van der Waals surface area (Å²) in [5.41, 5.74) is 2.50. The molecule has 7 nitrogen and oxygen atoms in total. The van der Waals surface area contributed by atoms with Crippen molar-refractivity contribution in [2.24, 2.45) is 7.05 Å². The Balaban J connectivity index is 1.72. The third kappa shape index (κ3) is 3.05. The van der Waals surface area contributed by atoms with Crippen LogP contribution in [-0.2, 0) is 20.0 Å². The van der Waals surface area contributed by atoms with Crippen LogP contribution in [0.3, 0.4) is 0 Å². The highest BCUT2D eigenvalue weighted by molar-refractivity contribution is 5.17. The summed E-state index contributed by atoms with van der Waals surface area (Å²) in [5, 5.41) is 8.45. The number of piperazine rings is 1. The molecular formula is C15H24N6O. The number of hydrogen-bond donors (Lipinski definition) is 0. The van der Waals surface area contributed by atoms with Crippen LogP contribution >= 0.6 is 0 Å². The molecule has 0 saturated carbocycles. The van der Waals surface area contributed by atoms with Gasteiger partial charge in [0, 0.05) is 45.0 Å². The molecule has 3 heterocycles. The molecule has 1 aliphatic heterocycles. The Morgan fingerprint density at radius 2 is 2.14 bits per heavy atom. The molecule has 0 N–H and O–H groups in total. The van der Waals surface area contributed by atoms with Crippen molar-refractivity contribution in [2.45, 2.75) is 32.9 Å². The lowest BCUT2D eigenvalue weighted by atomic mass is 10.1. The number of likely N-dealkylation sites (N-methyl/N-ethyl adjacent to an activating group) is 1. The van der Waals surface area contributed by atoms with Gasteiger partial charge in [-0.1, -0.05) is 12.1 Å². The fourth-order valence-corrected chi connectivity index (χ4v) is 3.04. The second-order valence-corrected chi connectivity index (χ2v) is 6.04. The van der Waals surface area contributed by atoms with Crippen LogP contribution in [0.1, 0.15) is 35.9 Å². The molecule has 0 bridgehead atoms. The third-order valence-corrected chi connectivity index (χ3v) is 4.28. The van der Waals surface area contributed by atoms with Crippen LogP contribution in [0.25, 0.3) is 0 Å². The Bertz CT molecular complexity index is 634. The van der Waals surface area contributed by atoms with Crippen molar-refractivity contribution in [2.75, 3.05) is 26.7 Å². The van der Waals surface area contributed by atoms with E-state index in [9.17, 15) is 0 Å². The van der Waals surface area contributed by atoms with Gasteiger partial charge in [0.2, 0.25) is 5.89 Å². The Labute approximate surface area is 130 Å². The first-order chi connectivity index (χ1) is 10.6. The standard InChI is InChI=1S/C15H24N6O/c1-5-13-12(8-20(4)17-13)9-21-7-6-19(3)14(10-21)15-16-11(2)18-22-15/h8,14H,5-7,9-10H2,1-4H3/t14-/m0/s1. The zero-order valence-electron chi connectivity index (χ0n) is 13.8. The first-order valence-electron chi connectivity index (χ1n) is 7.81. The minimum absolute atomic E-state index is 0.164. The van der Waals surface area contributed by atoms with Gasteiger partial charge in [-0.15, -0.1) is 0 Å². The molecule has 0 spiro atoms. The zero-order chi connectivity index (χ0) is 15.7. The van der Waals surface area contributed by atoms with Gasteiger partial charge in [-0.3, -0.25) is 14.5 Å². The maximum Gasteiger partial charge on any atom is 0.245 e. The first kappa shape index (κ1) is 15.2. The summed E-state index contributed by atoms with van der Waals surface area (Å²) in [6, 6.07) is 0.164. The van der Waals surface area contributed by atoms with Crippen LogP contribution < -0.4 is 0 Å². The van der Waals surface area contributed by atoms with Crippen molar-refractivity contribution in [3.63, 3.8) is 0 Å². The summed E-state index contributed by atoms with van der Waals surface area (Å²) >= 11 is 0. The molecule has 0 radical (unpaired) electrons. The molecule has 1 atom stereocenters. The summed E-state index contributed by atoms with van der Waals surface area (Å²) in [5.74, 6) is 1.41. The van der Waals surface area contributed by atoms with Crippen LogP contribution in [0.5, 0.6) is 0 Å². The number of nitrogens with zero attached hydrogens (tertiary/aromatic N) is 6. The van der Waals surface area contributed by atoms with Gasteiger partial charge in [0.15, 0.2) is 5.82 Å². The monoisotopic (exact) mass is 304 g/mol. The predicted octanol–water partition coefficient (Wildman–Crippen LogP) is 1.16. The molecule has 2 aromatic heterocycles. The Morgan fingerprint density at radius 3 is 2.82 bits per heavy atom. The summed E-state index contributed by atoms with van der Waals surface area (Å²) in [7, 11) is 4.10. The smallest absolute Gasteiger partial charge is 0.245 e. The molecule has 22 heavy (non-hydrogen) atoms. The molecule has 0 aliphatic carbocycles. The van der Waals surface area contributed by atoms with Crippen LogP contribution in [0.2, 0.25) is 0 Å². The maximum atomic E-state index is 5.38. The Kier molecular flexibility index (Phi) is 4.26. The van der Waals surface area contributed by atoms with Crippen LogP contribution in [-0.4, -0.2) is 56.4 Å². The number of aryl methyl sites for hydroxylation is 3. The Hall–Kier alpha value is -1.73. The van der Waals surface area contributed by atoms with E-state index in [4.69, 9.17) is 4.52 Å². The normalized spacial score (nSPS) is 20.6. The van der Waals surface area contributed by atoms with E-state index in [-0.39, 0.29) is 6.04 Å². The second kappa shape index (κ2) is 6.18. The average molecular weight is 304 g/mol. The van der Waals surface area contributed by atoms with Gasteiger partial charge in [-0.05, 0) is 20.4 Å². The van der Waals surface area contributed by atoms with Crippen molar-refractivity contribution in [1.29, 1.82) is 0 Å². The fourth-order valence-electron chi connectivity index (χ4n) is 3.04. The van der Waals surface area contributed by atoms with Gasteiger partial charge < -0.3 is 4.52 Å². The van der Waals surface area contributed by atoms with Crippen molar-refractivity contribution in [3.05, 3.63) is 29.2 Å². The van der Waals surface area contributed by atoms with Gasteiger partial charge >= 0.3 is 0 Å². The SMILES string of the molecule is CCc1nn(C)cc1CN1CCN(C)[C@H](c2nc(C)no2)C1. The number of rotatable bonds is 4. The van der Waals surface area contributed by atoms with E-state index in [2.05, 4.69) is 45.2 Å². The van der Waals surface area contributed by atoms with E-state index < -0.39 is 0 Å². The largest absolute Gasteiger partial charge is 0.338 e. The van der Waals surface area contributed by atoms with Crippen LogP contribution in [0.15, 0.2) is 10.7 Å². The lowest BCUT2D eigenvalue weighted by Crippen LogP contribution is -2.46. The van der Waals surface area contributed by atoms with Crippen molar-refractivity contribution >= 4 is 0 Å². The van der Waals surface area contributed by atoms with Crippen LogP contribution in [0.4, 0.5) is 0 Å². The molecule has 1 fully saturated rings. The van der Waals surface area contributed by atoms with Gasteiger partial charge in [0.05, 0.1) is 5.69 Å². The first-order valence-corrected chi connectivity index (χ1v) is 7.81. The lowest BCUT2D eigenvalue weighted by molar-refractivity contribution is 0.0713. The van der Waals surface area contributed by atoms with Crippen molar-refractivity contribution < 1.29 is 4.52 Å². The van der Waals surface area contributed by atoms with Gasteiger partial charge in [-0.2, -0.15) is 10.1 Å². The predicted molar refractivity (Wildman–Crippen MR) is 82.3 cm³/mol.